The predicted octanol–water partition coefficient (Wildman–Crippen LogP) is 2.74. The van der Waals surface area contributed by atoms with E-state index in [1.54, 1.807) is 38.5 Å². The van der Waals surface area contributed by atoms with Crippen molar-refractivity contribution >= 4 is 5.69 Å². The Bertz CT molecular complexity index is 564. The van der Waals surface area contributed by atoms with E-state index in [1.165, 1.54) is 0 Å². The van der Waals surface area contributed by atoms with Crippen LogP contribution in [0.15, 0.2) is 42.5 Å². The van der Waals surface area contributed by atoms with E-state index in [4.69, 9.17) is 24.7 Å². The number of anilines is 1. The standard InChI is InChI=1S/C16H19NO4/c1-18-12-9-13(19-2)11-14(10-12)20-7-8-21-16-6-4-3-5-15(16)17/h3-6,9-11H,7-8,17H2,1-2H3. The Hall–Kier alpha value is -2.56. The molecule has 2 aromatic rings. The number of nitrogen functional groups attached to an aromatic ring is 1. The summed E-state index contributed by atoms with van der Waals surface area (Å²) in [5.41, 5.74) is 6.40. The summed E-state index contributed by atoms with van der Waals surface area (Å²) in [6.07, 6.45) is 0. The van der Waals surface area contributed by atoms with Gasteiger partial charge in [0.1, 0.15) is 36.2 Å². The van der Waals surface area contributed by atoms with E-state index < -0.39 is 0 Å². The third kappa shape index (κ3) is 4.21. The van der Waals surface area contributed by atoms with Crippen LogP contribution >= 0.6 is 0 Å². The van der Waals surface area contributed by atoms with Gasteiger partial charge in [0, 0.05) is 18.2 Å². The highest BCUT2D eigenvalue weighted by molar-refractivity contribution is 5.51. The third-order valence-corrected chi connectivity index (χ3v) is 2.85. The normalized spacial score (nSPS) is 10.0. The van der Waals surface area contributed by atoms with Crippen molar-refractivity contribution in [3.8, 4) is 23.0 Å². The zero-order valence-electron chi connectivity index (χ0n) is 12.2. The second-order valence-corrected chi connectivity index (χ2v) is 4.28. The fraction of sp³-hybridized carbons (Fsp3) is 0.250. The first-order valence-electron chi connectivity index (χ1n) is 6.56. The minimum atomic E-state index is 0.394. The van der Waals surface area contributed by atoms with Gasteiger partial charge in [-0.05, 0) is 12.1 Å². The second kappa shape index (κ2) is 7.28. The summed E-state index contributed by atoms with van der Waals surface area (Å²) in [5.74, 6) is 2.68. The molecular formula is C16H19NO4. The molecule has 0 aliphatic rings. The summed E-state index contributed by atoms with van der Waals surface area (Å²) in [7, 11) is 3.19. The van der Waals surface area contributed by atoms with Gasteiger partial charge in [-0.25, -0.2) is 0 Å². The number of hydrogen-bond donors (Lipinski definition) is 1. The van der Waals surface area contributed by atoms with Gasteiger partial charge >= 0.3 is 0 Å². The van der Waals surface area contributed by atoms with Gasteiger partial charge in [-0.2, -0.15) is 0 Å². The molecule has 21 heavy (non-hydrogen) atoms. The number of hydrogen-bond acceptors (Lipinski definition) is 5. The molecule has 2 rings (SSSR count). The predicted molar refractivity (Wildman–Crippen MR) is 81.4 cm³/mol. The summed E-state index contributed by atoms with van der Waals surface area (Å²) < 4.78 is 21.5. The molecule has 0 saturated heterocycles. The lowest BCUT2D eigenvalue weighted by atomic mass is 10.3. The highest BCUT2D eigenvalue weighted by Gasteiger charge is 2.03. The molecule has 0 spiro atoms. The molecular weight excluding hydrogens is 270 g/mol. The number of nitrogens with two attached hydrogens (primary N) is 1. The molecule has 2 N–H and O–H groups in total. The summed E-state index contributed by atoms with van der Waals surface area (Å²) in [5, 5.41) is 0. The van der Waals surface area contributed by atoms with Crippen molar-refractivity contribution in [2.75, 3.05) is 33.2 Å². The number of methoxy groups -OCH3 is 2. The fourth-order valence-corrected chi connectivity index (χ4v) is 1.79. The minimum Gasteiger partial charge on any atom is -0.496 e. The van der Waals surface area contributed by atoms with Crippen LogP contribution in [0.3, 0.4) is 0 Å². The Kier molecular flexibility index (Phi) is 5.15. The van der Waals surface area contributed by atoms with Crippen molar-refractivity contribution in [1.29, 1.82) is 0 Å². The number of benzene rings is 2. The van der Waals surface area contributed by atoms with E-state index in [9.17, 15) is 0 Å². The van der Waals surface area contributed by atoms with Gasteiger partial charge in [0.2, 0.25) is 0 Å². The molecule has 0 atom stereocenters. The lowest BCUT2D eigenvalue weighted by Crippen LogP contribution is -2.10. The molecule has 5 nitrogen and oxygen atoms in total. The molecule has 0 heterocycles. The largest absolute Gasteiger partial charge is 0.496 e. The average molecular weight is 289 g/mol. The third-order valence-electron chi connectivity index (χ3n) is 2.85. The van der Waals surface area contributed by atoms with E-state index in [0.717, 1.165) is 0 Å². The molecule has 5 heteroatoms. The van der Waals surface area contributed by atoms with E-state index in [1.807, 2.05) is 18.2 Å². The van der Waals surface area contributed by atoms with E-state index in [0.29, 0.717) is 41.9 Å². The SMILES string of the molecule is COc1cc(OC)cc(OCCOc2ccccc2N)c1. The molecule has 0 unspecified atom stereocenters. The van der Waals surface area contributed by atoms with Gasteiger partial charge < -0.3 is 24.7 Å². The van der Waals surface area contributed by atoms with Crippen LogP contribution in [0.1, 0.15) is 0 Å². The maximum Gasteiger partial charge on any atom is 0.142 e. The van der Waals surface area contributed by atoms with Crippen LogP contribution in [-0.4, -0.2) is 27.4 Å². The van der Waals surface area contributed by atoms with Crippen LogP contribution in [0.2, 0.25) is 0 Å². The van der Waals surface area contributed by atoms with Crippen LogP contribution < -0.4 is 24.7 Å². The van der Waals surface area contributed by atoms with E-state index in [-0.39, 0.29) is 0 Å². The highest BCUT2D eigenvalue weighted by Crippen LogP contribution is 2.27. The van der Waals surface area contributed by atoms with Crippen LogP contribution in [-0.2, 0) is 0 Å². The van der Waals surface area contributed by atoms with Gasteiger partial charge in [0.05, 0.1) is 19.9 Å². The Balaban J connectivity index is 1.87. The van der Waals surface area contributed by atoms with Crippen LogP contribution in [0.5, 0.6) is 23.0 Å². The summed E-state index contributed by atoms with van der Waals surface area (Å²) in [6, 6.07) is 12.7. The van der Waals surface area contributed by atoms with Gasteiger partial charge in [0.25, 0.3) is 0 Å². The number of rotatable bonds is 7. The first kappa shape index (κ1) is 14.8. The lowest BCUT2D eigenvalue weighted by Gasteiger charge is -2.11. The first-order chi connectivity index (χ1) is 10.2. The van der Waals surface area contributed by atoms with Crippen molar-refractivity contribution in [2.45, 2.75) is 0 Å². The van der Waals surface area contributed by atoms with Gasteiger partial charge in [0.15, 0.2) is 0 Å². The number of para-hydroxylation sites is 2. The quantitative estimate of drug-likeness (QED) is 0.627. The molecule has 2 aromatic carbocycles. The zero-order valence-corrected chi connectivity index (χ0v) is 12.2. The average Bonchev–Trinajstić information content (AvgIpc) is 2.52. The molecule has 0 saturated carbocycles. The van der Waals surface area contributed by atoms with Crippen molar-refractivity contribution in [3.05, 3.63) is 42.5 Å². The van der Waals surface area contributed by atoms with Gasteiger partial charge in [-0.3, -0.25) is 0 Å². The van der Waals surface area contributed by atoms with Crippen molar-refractivity contribution in [2.24, 2.45) is 0 Å². The summed E-state index contributed by atoms with van der Waals surface area (Å²) in [6.45, 7) is 0.790. The highest BCUT2D eigenvalue weighted by atomic mass is 16.5. The monoisotopic (exact) mass is 289 g/mol. The van der Waals surface area contributed by atoms with Crippen molar-refractivity contribution < 1.29 is 18.9 Å². The Morgan fingerprint density at radius 2 is 1.38 bits per heavy atom. The van der Waals surface area contributed by atoms with Crippen molar-refractivity contribution in [3.63, 3.8) is 0 Å². The lowest BCUT2D eigenvalue weighted by molar-refractivity contribution is 0.216. The maximum absolute atomic E-state index is 5.79. The molecule has 0 fully saturated rings. The Morgan fingerprint density at radius 3 is 2.00 bits per heavy atom. The molecule has 0 amide bonds. The summed E-state index contributed by atoms with van der Waals surface area (Å²) in [4.78, 5) is 0. The number of ether oxygens (including phenoxy) is 4. The topological polar surface area (TPSA) is 62.9 Å². The van der Waals surface area contributed by atoms with Crippen molar-refractivity contribution in [1.82, 2.24) is 0 Å². The fourth-order valence-electron chi connectivity index (χ4n) is 1.79. The van der Waals surface area contributed by atoms with E-state index in [2.05, 4.69) is 0 Å². The molecule has 0 aromatic heterocycles. The molecule has 112 valence electrons. The Morgan fingerprint density at radius 1 is 0.810 bits per heavy atom. The molecule has 0 aliphatic heterocycles. The smallest absolute Gasteiger partial charge is 0.142 e. The second-order valence-electron chi connectivity index (χ2n) is 4.28. The molecule has 0 bridgehead atoms. The van der Waals surface area contributed by atoms with Gasteiger partial charge in [-0.1, -0.05) is 12.1 Å². The minimum absolute atomic E-state index is 0.394. The molecule has 0 radical (unpaired) electrons. The Labute approximate surface area is 124 Å². The maximum atomic E-state index is 5.79. The van der Waals surface area contributed by atoms with E-state index >= 15 is 0 Å². The summed E-state index contributed by atoms with van der Waals surface area (Å²) >= 11 is 0. The van der Waals surface area contributed by atoms with Gasteiger partial charge in [-0.15, -0.1) is 0 Å². The first-order valence-corrected chi connectivity index (χ1v) is 6.56. The zero-order chi connectivity index (χ0) is 15.1. The molecule has 0 aliphatic carbocycles. The van der Waals surface area contributed by atoms with Crippen LogP contribution in [0, 0.1) is 0 Å². The van der Waals surface area contributed by atoms with Crippen LogP contribution in [0.25, 0.3) is 0 Å². The van der Waals surface area contributed by atoms with Crippen LogP contribution in [0.4, 0.5) is 5.69 Å².